The van der Waals surface area contributed by atoms with Gasteiger partial charge in [0.15, 0.2) is 8.32 Å². The second-order valence-corrected chi connectivity index (χ2v) is 23.3. The summed E-state index contributed by atoms with van der Waals surface area (Å²) in [6.07, 6.45) is 2.30. The highest BCUT2D eigenvalue weighted by atomic mass is 28.4. The van der Waals surface area contributed by atoms with Crippen molar-refractivity contribution in [2.45, 2.75) is 103 Å². The quantitative estimate of drug-likeness (QED) is 0.169. The average molecular weight is 516 g/mol. The van der Waals surface area contributed by atoms with Gasteiger partial charge in [-0.25, -0.2) is 0 Å². The number of ketones is 1. The summed E-state index contributed by atoms with van der Waals surface area (Å²) >= 11 is 0. The summed E-state index contributed by atoms with van der Waals surface area (Å²) in [5.74, 6) is -0.255. The fraction of sp³-hybridized carbons (Fsp3) is 0.607. The van der Waals surface area contributed by atoms with Crippen molar-refractivity contribution < 1.29 is 19.1 Å². The van der Waals surface area contributed by atoms with Crippen LogP contribution in [-0.4, -0.2) is 50.2 Å². The predicted molar refractivity (Wildman–Crippen MR) is 150 cm³/mol. The van der Waals surface area contributed by atoms with Crippen LogP contribution in [0.2, 0.25) is 43.8 Å². The van der Waals surface area contributed by atoms with E-state index in [1.54, 1.807) is 0 Å². The highest BCUT2D eigenvalue weighted by Crippen LogP contribution is 2.41. The minimum Gasteiger partial charge on any atom is -0.410 e. The van der Waals surface area contributed by atoms with Gasteiger partial charge in [0, 0.05) is 32.9 Å². The fourth-order valence-electron chi connectivity index (χ4n) is 4.17. The molecule has 5 nitrogen and oxygen atoms in total. The second kappa shape index (κ2) is 10.1. The number of nitrogens with zero attached hydrogens (tertiary/aromatic N) is 1. The first-order valence-corrected chi connectivity index (χ1v) is 19.4. The van der Waals surface area contributed by atoms with E-state index >= 15 is 0 Å². The van der Waals surface area contributed by atoms with Crippen molar-refractivity contribution in [2.75, 3.05) is 6.61 Å². The number of hydrogen-bond donors (Lipinski definition) is 1. The lowest BCUT2D eigenvalue weighted by molar-refractivity contribution is 0.00341. The second-order valence-electron chi connectivity index (χ2n) is 12.9. The number of aromatic nitrogens is 1. The Bertz CT molecular complexity index is 1090. The molecule has 3 rings (SSSR count). The topological polar surface area (TPSA) is 60.7 Å². The molecule has 1 aliphatic carbocycles. The van der Waals surface area contributed by atoms with Crippen molar-refractivity contribution in [1.29, 1.82) is 0 Å². The van der Waals surface area contributed by atoms with Crippen molar-refractivity contribution in [1.82, 2.24) is 4.57 Å². The molecule has 1 heterocycles. The number of carbonyl (C=O) groups is 1. The Balaban J connectivity index is 1.88. The summed E-state index contributed by atoms with van der Waals surface area (Å²) in [5, 5.41) is 12.7. The SMILES string of the molecule is CC1=CC[C@](O)(C(=O)c2cc3ccccc3n2COCC[Si](C)(C)C)C[C@H]1O[Si](C)(C)C(C)(C)C. The van der Waals surface area contributed by atoms with Crippen LogP contribution in [-0.2, 0) is 15.9 Å². The molecular weight excluding hydrogens is 470 g/mol. The Morgan fingerprint density at radius 2 is 1.83 bits per heavy atom. The number of para-hydroxylation sites is 1. The highest BCUT2D eigenvalue weighted by Gasteiger charge is 2.46. The molecule has 0 unspecified atom stereocenters. The molecule has 1 aromatic heterocycles. The molecule has 0 spiro atoms. The Kier molecular flexibility index (Phi) is 8.09. The third kappa shape index (κ3) is 6.44. The molecule has 0 amide bonds. The number of carbonyl (C=O) groups excluding carboxylic acids is 1. The summed E-state index contributed by atoms with van der Waals surface area (Å²) in [7, 11) is -3.28. The van der Waals surface area contributed by atoms with Gasteiger partial charge in [0.2, 0.25) is 5.78 Å². The molecule has 0 fully saturated rings. The van der Waals surface area contributed by atoms with Crippen LogP contribution in [0.5, 0.6) is 0 Å². The molecule has 0 aliphatic heterocycles. The zero-order chi connectivity index (χ0) is 26.2. The molecule has 7 heteroatoms. The summed E-state index contributed by atoms with van der Waals surface area (Å²) in [5.41, 5.74) is 1.05. The van der Waals surface area contributed by atoms with Gasteiger partial charge in [-0.3, -0.25) is 4.79 Å². The molecule has 0 saturated heterocycles. The van der Waals surface area contributed by atoms with Crippen LogP contribution in [0.3, 0.4) is 0 Å². The van der Waals surface area contributed by atoms with Gasteiger partial charge in [0.25, 0.3) is 0 Å². The molecule has 2 atom stereocenters. The largest absolute Gasteiger partial charge is 0.410 e. The van der Waals surface area contributed by atoms with Crippen LogP contribution in [0.1, 0.15) is 51.0 Å². The smallest absolute Gasteiger partial charge is 0.211 e. The van der Waals surface area contributed by atoms with Gasteiger partial charge >= 0.3 is 0 Å². The first-order valence-electron chi connectivity index (χ1n) is 12.8. The summed E-state index contributed by atoms with van der Waals surface area (Å²) < 4.78 is 14.6. The Labute approximate surface area is 213 Å². The van der Waals surface area contributed by atoms with Crippen LogP contribution >= 0.6 is 0 Å². The van der Waals surface area contributed by atoms with Gasteiger partial charge < -0.3 is 18.8 Å². The van der Waals surface area contributed by atoms with E-state index in [-0.39, 0.29) is 23.3 Å². The van der Waals surface area contributed by atoms with Crippen LogP contribution < -0.4 is 0 Å². The van der Waals surface area contributed by atoms with Gasteiger partial charge in [-0.15, -0.1) is 0 Å². The lowest BCUT2D eigenvalue weighted by atomic mass is 9.80. The van der Waals surface area contributed by atoms with E-state index in [1.807, 2.05) is 47.9 Å². The number of aliphatic hydroxyl groups is 1. The van der Waals surface area contributed by atoms with Crippen molar-refractivity contribution >= 4 is 33.1 Å². The van der Waals surface area contributed by atoms with Crippen molar-refractivity contribution in [3.8, 4) is 0 Å². The average Bonchev–Trinajstić information content (AvgIpc) is 3.10. The van der Waals surface area contributed by atoms with Crippen molar-refractivity contribution in [2.24, 2.45) is 0 Å². The van der Waals surface area contributed by atoms with E-state index in [9.17, 15) is 9.90 Å². The van der Waals surface area contributed by atoms with E-state index in [0.29, 0.717) is 25.5 Å². The number of fused-ring (bicyclic) bond motifs is 1. The third-order valence-corrected chi connectivity index (χ3v) is 13.9. The van der Waals surface area contributed by atoms with Gasteiger partial charge in [-0.1, -0.05) is 64.7 Å². The van der Waals surface area contributed by atoms with E-state index in [1.165, 1.54) is 0 Å². The predicted octanol–water partition coefficient (Wildman–Crippen LogP) is 7.00. The molecule has 0 saturated carbocycles. The molecular formula is C28H45NO4Si2. The monoisotopic (exact) mass is 515 g/mol. The summed E-state index contributed by atoms with van der Waals surface area (Å²) in [4.78, 5) is 13.9. The van der Waals surface area contributed by atoms with E-state index in [2.05, 4.69) is 53.5 Å². The molecule has 0 bridgehead atoms. The number of hydrogen-bond acceptors (Lipinski definition) is 4. The minimum atomic E-state index is -2.07. The first-order chi connectivity index (χ1) is 16.0. The van der Waals surface area contributed by atoms with Gasteiger partial charge in [0.05, 0.1) is 17.3 Å². The number of rotatable bonds is 9. The van der Waals surface area contributed by atoms with Crippen molar-refractivity contribution in [3.05, 3.63) is 47.7 Å². The molecule has 194 valence electrons. The zero-order valence-corrected chi connectivity index (χ0v) is 25.2. The van der Waals surface area contributed by atoms with E-state index in [4.69, 9.17) is 9.16 Å². The third-order valence-electron chi connectivity index (χ3n) is 7.72. The van der Waals surface area contributed by atoms with Crippen LogP contribution in [0.25, 0.3) is 10.9 Å². The number of Topliss-reactive ketones (excluding diaryl/α,β-unsaturated/α-hetero) is 1. The fourth-order valence-corrected chi connectivity index (χ4v) is 6.27. The Morgan fingerprint density at radius 1 is 1.17 bits per heavy atom. The maximum absolute atomic E-state index is 13.9. The maximum atomic E-state index is 13.9. The first kappa shape index (κ1) is 28.1. The Morgan fingerprint density at radius 3 is 2.46 bits per heavy atom. The molecule has 1 aliphatic rings. The lowest BCUT2D eigenvalue weighted by Gasteiger charge is -2.43. The zero-order valence-electron chi connectivity index (χ0n) is 23.2. The van der Waals surface area contributed by atoms with E-state index < -0.39 is 22.0 Å². The van der Waals surface area contributed by atoms with Crippen molar-refractivity contribution in [3.63, 3.8) is 0 Å². The Hall–Kier alpha value is -1.52. The minimum absolute atomic E-state index is 0.0481. The normalized spacial score (nSPS) is 21.9. The number of benzene rings is 1. The van der Waals surface area contributed by atoms with E-state index in [0.717, 1.165) is 22.5 Å². The maximum Gasteiger partial charge on any atom is 0.211 e. The molecule has 1 aromatic carbocycles. The number of ether oxygens (including phenoxy) is 1. The molecule has 1 N–H and O–H groups in total. The van der Waals surface area contributed by atoms with Gasteiger partial charge in [-0.2, -0.15) is 0 Å². The van der Waals surface area contributed by atoms with Crippen LogP contribution in [0, 0.1) is 0 Å². The molecule has 0 radical (unpaired) electrons. The highest BCUT2D eigenvalue weighted by molar-refractivity contribution is 6.76. The summed E-state index contributed by atoms with van der Waals surface area (Å²) in [6, 6.07) is 10.9. The van der Waals surface area contributed by atoms with Gasteiger partial charge in [0.1, 0.15) is 12.3 Å². The van der Waals surface area contributed by atoms with Crippen LogP contribution in [0.15, 0.2) is 42.0 Å². The lowest BCUT2D eigenvalue weighted by Crippen LogP contribution is -2.50. The van der Waals surface area contributed by atoms with Gasteiger partial charge in [-0.05, 0) is 48.8 Å². The molecule has 35 heavy (non-hydrogen) atoms. The molecule has 2 aromatic rings. The standard InChI is InChI=1S/C28H45NO4Si2/c1-21-14-15-28(31,19-25(21)33-35(8,9)27(2,3)4)26(30)24-18-22-12-10-11-13-23(22)29(24)20-32-16-17-34(5,6)7/h10-14,18,25,31H,15-17,19-20H2,1-9H3/t25-,28-/m1/s1. The van der Waals surface area contributed by atoms with Crippen LogP contribution in [0.4, 0.5) is 0 Å². The summed E-state index contributed by atoms with van der Waals surface area (Å²) in [6.45, 7) is 21.0.